The predicted molar refractivity (Wildman–Crippen MR) is 51.4 cm³/mol. The van der Waals surface area contributed by atoms with E-state index in [0.29, 0.717) is 0 Å². The van der Waals surface area contributed by atoms with Crippen LogP contribution in [0.3, 0.4) is 0 Å². The molecule has 1 unspecified atom stereocenters. The molecule has 0 aliphatic heterocycles. The number of hydrogen-bond donors (Lipinski definition) is 2. The summed E-state index contributed by atoms with van der Waals surface area (Å²) in [7, 11) is 0. The van der Waals surface area contributed by atoms with E-state index in [0.717, 1.165) is 18.6 Å². The molecule has 0 saturated heterocycles. The van der Waals surface area contributed by atoms with Gasteiger partial charge in [0.25, 0.3) is 0 Å². The topological polar surface area (TPSA) is 68.3 Å². The summed E-state index contributed by atoms with van der Waals surface area (Å²) < 4.78 is 5.17. The van der Waals surface area contributed by atoms with Gasteiger partial charge in [-0.1, -0.05) is 0 Å². The zero-order valence-electron chi connectivity index (χ0n) is 8.12. The van der Waals surface area contributed by atoms with Gasteiger partial charge in [-0.05, 0) is 31.9 Å². The minimum absolute atomic E-state index is 0.0820. The highest BCUT2D eigenvalue weighted by molar-refractivity contribution is 5.89. The minimum atomic E-state index is -0.610. The molecule has 14 heavy (non-hydrogen) atoms. The van der Waals surface area contributed by atoms with Crippen molar-refractivity contribution in [1.29, 1.82) is 0 Å². The van der Waals surface area contributed by atoms with E-state index in [2.05, 4.69) is 5.32 Å². The Bertz CT molecular complexity index is 328. The fraction of sp³-hybridized carbons (Fsp3) is 0.500. The second kappa shape index (κ2) is 3.13. The highest BCUT2D eigenvalue weighted by Gasteiger charge is 2.46. The Morgan fingerprint density at radius 1 is 1.71 bits per heavy atom. The molecule has 0 aromatic carbocycles. The summed E-state index contributed by atoms with van der Waals surface area (Å²) in [6, 6.07) is 3.52. The highest BCUT2D eigenvalue weighted by Crippen LogP contribution is 2.32. The van der Waals surface area contributed by atoms with Gasteiger partial charge >= 0.3 is 0 Å². The average Bonchev–Trinajstić information content (AvgIpc) is 2.71. The van der Waals surface area contributed by atoms with Crippen molar-refractivity contribution in [3.05, 3.63) is 24.2 Å². The number of nitrogens with two attached hydrogens (primary N) is 1. The molecule has 0 spiro atoms. The van der Waals surface area contributed by atoms with Crippen molar-refractivity contribution < 1.29 is 9.21 Å². The Kier molecular flexibility index (Phi) is 2.07. The van der Waals surface area contributed by atoms with Crippen LogP contribution < -0.4 is 11.1 Å². The van der Waals surface area contributed by atoms with Gasteiger partial charge in [0.15, 0.2) is 0 Å². The molecule has 3 N–H and O–H groups in total. The Hall–Kier alpha value is -1.29. The summed E-state index contributed by atoms with van der Waals surface area (Å²) in [6.07, 6.45) is 3.15. The number of carbonyl (C=O) groups is 1. The van der Waals surface area contributed by atoms with Crippen molar-refractivity contribution in [2.45, 2.75) is 31.3 Å². The summed E-state index contributed by atoms with van der Waals surface area (Å²) in [5.74, 6) is 0.670. The fourth-order valence-corrected chi connectivity index (χ4v) is 1.31. The second-order valence-corrected chi connectivity index (χ2v) is 3.87. The maximum absolute atomic E-state index is 11.6. The van der Waals surface area contributed by atoms with Gasteiger partial charge in [-0.2, -0.15) is 0 Å². The van der Waals surface area contributed by atoms with Gasteiger partial charge in [-0.15, -0.1) is 0 Å². The fourth-order valence-electron chi connectivity index (χ4n) is 1.31. The molecule has 1 heterocycles. The van der Waals surface area contributed by atoms with Gasteiger partial charge < -0.3 is 15.5 Å². The lowest BCUT2D eigenvalue weighted by molar-refractivity contribution is -0.124. The third-order valence-corrected chi connectivity index (χ3v) is 2.56. The SMILES string of the molecule is CC(NC(=O)C1(N)CC1)c1ccco1. The molecule has 1 saturated carbocycles. The first-order valence-electron chi connectivity index (χ1n) is 4.75. The normalized spacial score (nSPS) is 20.1. The van der Waals surface area contributed by atoms with Gasteiger partial charge in [0.2, 0.25) is 5.91 Å². The number of carbonyl (C=O) groups excluding carboxylic acids is 1. The van der Waals surface area contributed by atoms with Crippen molar-refractivity contribution in [2.75, 3.05) is 0 Å². The third kappa shape index (κ3) is 1.65. The van der Waals surface area contributed by atoms with Gasteiger partial charge in [0.1, 0.15) is 5.76 Å². The molecule has 1 fully saturated rings. The van der Waals surface area contributed by atoms with E-state index in [1.54, 1.807) is 12.3 Å². The number of furan rings is 1. The molecule has 1 aliphatic rings. The molecule has 4 nitrogen and oxygen atoms in total. The van der Waals surface area contributed by atoms with Crippen LogP contribution in [0.2, 0.25) is 0 Å². The average molecular weight is 194 g/mol. The van der Waals surface area contributed by atoms with Crippen molar-refractivity contribution in [1.82, 2.24) is 5.32 Å². The maximum atomic E-state index is 11.6. The van der Waals surface area contributed by atoms with Crippen LogP contribution >= 0.6 is 0 Å². The van der Waals surface area contributed by atoms with E-state index in [1.165, 1.54) is 0 Å². The van der Waals surface area contributed by atoms with E-state index in [1.807, 2.05) is 13.0 Å². The second-order valence-electron chi connectivity index (χ2n) is 3.87. The van der Waals surface area contributed by atoms with Crippen LogP contribution in [0.25, 0.3) is 0 Å². The van der Waals surface area contributed by atoms with Crippen molar-refractivity contribution in [2.24, 2.45) is 5.73 Å². The molecule has 2 rings (SSSR count). The van der Waals surface area contributed by atoms with Crippen molar-refractivity contribution in [3.63, 3.8) is 0 Å². The minimum Gasteiger partial charge on any atom is -0.467 e. The van der Waals surface area contributed by atoms with Crippen LogP contribution in [0.1, 0.15) is 31.6 Å². The Labute approximate surface area is 82.5 Å². The van der Waals surface area contributed by atoms with E-state index in [9.17, 15) is 4.79 Å². The first-order valence-corrected chi connectivity index (χ1v) is 4.75. The van der Waals surface area contributed by atoms with Gasteiger partial charge in [-0.3, -0.25) is 4.79 Å². The smallest absolute Gasteiger partial charge is 0.240 e. The monoisotopic (exact) mass is 194 g/mol. The number of nitrogens with one attached hydrogen (secondary N) is 1. The zero-order chi connectivity index (χ0) is 10.2. The molecule has 1 aromatic heterocycles. The van der Waals surface area contributed by atoms with Crippen LogP contribution in [0, 0.1) is 0 Å². The molecule has 1 aliphatic carbocycles. The van der Waals surface area contributed by atoms with Crippen LogP contribution in [0.15, 0.2) is 22.8 Å². The molecule has 76 valence electrons. The van der Waals surface area contributed by atoms with Gasteiger partial charge in [-0.25, -0.2) is 0 Å². The molecule has 4 heteroatoms. The van der Waals surface area contributed by atoms with Crippen molar-refractivity contribution >= 4 is 5.91 Å². The van der Waals surface area contributed by atoms with Crippen LogP contribution in [0.5, 0.6) is 0 Å². The molecule has 1 atom stereocenters. The first-order chi connectivity index (χ1) is 6.62. The summed E-state index contributed by atoms with van der Waals surface area (Å²) in [6.45, 7) is 1.88. The molecule has 0 bridgehead atoms. The highest BCUT2D eigenvalue weighted by atomic mass is 16.3. The summed E-state index contributed by atoms with van der Waals surface area (Å²) in [5, 5.41) is 2.83. The zero-order valence-corrected chi connectivity index (χ0v) is 8.12. The van der Waals surface area contributed by atoms with Crippen LogP contribution in [-0.4, -0.2) is 11.4 Å². The molecular weight excluding hydrogens is 180 g/mol. The lowest BCUT2D eigenvalue weighted by Gasteiger charge is -2.14. The van der Waals surface area contributed by atoms with E-state index >= 15 is 0 Å². The lowest BCUT2D eigenvalue weighted by Crippen LogP contribution is -2.43. The lowest BCUT2D eigenvalue weighted by atomic mass is 10.2. The number of amides is 1. The number of hydrogen-bond acceptors (Lipinski definition) is 3. The third-order valence-electron chi connectivity index (χ3n) is 2.56. The number of rotatable bonds is 3. The van der Waals surface area contributed by atoms with Gasteiger partial charge in [0, 0.05) is 0 Å². The summed E-state index contributed by atoms with van der Waals surface area (Å²) in [5.41, 5.74) is 5.14. The molecule has 0 radical (unpaired) electrons. The Morgan fingerprint density at radius 3 is 2.93 bits per heavy atom. The van der Waals surface area contributed by atoms with E-state index in [4.69, 9.17) is 10.2 Å². The molecule has 1 aromatic rings. The van der Waals surface area contributed by atoms with Crippen LogP contribution in [-0.2, 0) is 4.79 Å². The summed E-state index contributed by atoms with van der Waals surface area (Å²) in [4.78, 5) is 11.6. The van der Waals surface area contributed by atoms with E-state index in [-0.39, 0.29) is 11.9 Å². The van der Waals surface area contributed by atoms with Gasteiger partial charge in [0.05, 0.1) is 17.8 Å². The first kappa shape index (κ1) is 9.27. The molecular formula is C10H14N2O2. The standard InChI is InChI=1S/C10H14N2O2/c1-7(8-3-2-6-14-8)12-9(13)10(11)4-5-10/h2-3,6-7H,4-5,11H2,1H3,(H,12,13). The van der Waals surface area contributed by atoms with Crippen molar-refractivity contribution in [3.8, 4) is 0 Å². The Morgan fingerprint density at radius 2 is 2.43 bits per heavy atom. The van der Waals surface area contributed by atoms with Crippen LogP contribution in [0.4, 0.5) is 0 Å². The quantitative estimate of drug-likeness (QED) is 0.752. The van der Waals surface area contributed by atoms with E-state index < -0.39 is 5.54 Å². The predicted octanol–water partition coefficient (Wildman–Crippen LogP) is 0.948. The molecule has 1 amide bonds. The summed E-state index contributed by atoms with van der Waals surface area (Å²) >= 11 is 0. The maximum Gasteiger partial charge on any atom is 0.240 e. The largest absolute Gasteiger partial charge is 0.467 e. The Balaban J connectivity index is 1.95.